The number of carbonyl (C=O) groups is 1. The van der Waals surface area contributed by atoms with Gasteiger partial charge in [-0.3, -0.25) is 4.79 Å². The summed E-state index contributed by atoms with van der Waals surface area (Å²) in [6.45, 7) is 7.58. The third-order valence-corrected chi connectivity index (χ3v) is 3.47. The molecule has 3 nitrogen and oxygen atoms in total. The van der Waals surface area contributed by atoms with E-state index in [-0.39, 0.29) is 5.91 Å². The number of hydrogen-bond acceptors (Lipinski definition) is 1. The molecule has 1 amide bonds. The number of carbonyl (C=O) groups excluding carboxylic acids is 1. The third-order valence-electron chi connectivity index (χ3n) is 3.47. The SMILES string of the molecule is CCN(CC)C(=O)c1cc2cc(C)ccc2n1C. The number of amides is 1. The molecule has 0 aliphatic heterocycles. The van der Waals surface area contributed by atoms with Gasteiger partial charge in [-0.1, -0.05) is 11.6 Å². The van der Waals surface area contributed by atoms with Gasteiger partial charge in [0.15, 0.2) is 0 Å². The van der Waals surface area contributed by atoms with Crippen molar-refractivity contribution in [3.63, 3.8) is 0 Å². The molecular weight excluding hydrogens is 224 g/mol. The maximum absolute atomic E-state index is 12.4. The van der Waals surface area contributed by atoms with Crippen LogP contribution in [-0.2, 0) is 7.05 Å². The summed E-state index contributed by atoms with van der Waals surface area (Å²) in [5.41, 5.74) is 3.09. The molecule has 0 radical (unpaired) electrons. The van der Waals surface area contributed by atoms with Crippen LogP contribution in [0.4, 0.5) is 0 Å². The predicted molar refractivity (Wildman–Crippen MR) is 74.9 cm³/mol. The molecule has 0 saturated heterocycles. The number of aromatic nitrogens is 1. The van der Waals surface area contributed by atoms with E-state index in [9.17, 15) is 4.79 Å². The largest absolute Gasteiger partial charge is 0.340 e. The molecule has 0 aliphatic carbocycles. The lowest BCUT2D eigenvalue weighted by Gasteiger charge is -2.18. The van der Waals surface area contributed by atoms with E-state index in [1.54, 1.807) is 0 Å². The van der Waals surface area contributed by atoms with Gasteiger partial charge in [-0.05, 0) is 39.0 Å². The molecular formula is C15H20N2O. The molecule has 0 saturated carbocycles. The molecule has 2 rings (SSSR count). The van der Waals surface area contributed by atoms with Crippen molar-refractivity contribution in [2.45, 2.75) is 20.8 Å². The number of benzene rings is 1. The second kappa shape index (κ2) is 4.84. The lowest BCUT2D eigenvalue weighted by Crippen LogP contribution is -2.31. The van der Waals surface area contributed by atoms with Gasteiger partial charge in [0.2, 0.25) is 0 Å². The van der Waals surface area contributed by atoms with E-state index in [1.165, 1.54) is 5.56 Å². The highest BCUT2D eigenvalue weighted by atomic mass is 16.2. The summed E-state index contributed by atoms with van der Waals surface area (Å²) in [6, 6.07) is 8.26. The predicted octanol–water partition coefficient (Wildman–Crippen LogP) is 2.97. The number of fused-ring (bicyclic) bond motifs is 1. The van der Waals surface area contributed by atoms with Gasteiger partial charge in [-0.2, -0.15) is 0 Å². The van der Waals surface area contributed by atoms with Crippen molar-refractivity contribution < 1.29 is 4.79 Å². The molecule has 18 heavy (non-hydrogen) atoms. The Morgan fingerprint density at radius 1 is 1.22 bits per heavy atom. The Balaban J connectivity index is 2.51. The zero-order valence-corrected chi connectivity index (χ0v) is 11.5. The van der Waals surface area contributed by atoms with Gasteiger partial charge in [-0.25, -0.2) is 0 Å². The number of nitrogens with zero attached hydrogens (tertiary/aromatic N) is 2. The summed E-state index contributed by atoms with van der Waals surface area (Å²) in [6.07, 6.45) is 0. The van der Waals surface area contributed by atoms with Crippen LogP contribution < -0.4 is 0 Å². The van der Waals surface area contributed by atoms with Gasteiger partial charge in [0.25, 0.3) is 5.91 Å². The van der Waals surface area contributed by atoms with Crippen LogP contribution in [0.25, 0.3) is 10.9 Å². The summed E-state index contributed by atoms with van der Waals surface area (Å²) < 4.78 is 1.98. The van der Waals surface area contributed by atoms with Gasteiger partial charge in [0.05, 0.1) is 0 Å². The van der Waals surface area contributed by atoms with Crippen LogP contribution in [0.2, 0.25) is 0 Å². The van der Waals surface area contributed by atoms with Crippen LogP contribution in [0.3, 0.4) is 0 Å². The zero-order valence-electron chi connectivity index (χ0n) is 11.5. The molecule has 3 heteroatoms. The minimum absolute atomic E-state index is 0.108. The van der Waals surface area contributed by atoms with Crippen LogP contribution in [0.15, 0.2) is 24.3 Å². The van der Waals surface area contributed by atoms with E-state index in [0.717, 1.165) is 29.7 Å². The first-order valence-corrected chi connectivity index (χ1v) is 6.43. The van der Waals surface area contributed by atoms with Crippen LogP contribution in [-0.4, -0.2) is 28.5 Å². The standard InChI is InChI=1S/C15H20N2O/c1-5-17(6-2)15(18)14-10-12-9-11(3)7-8-13(12)16(14)4/h7-10H,5-6H2,1-4H3. The minimum Gasteiger partial charge on any atom is -0.340 e. The highest BCUT2D eigenvalue weighted by Crippen LogP contribution is 2.21. The number of rotatable bonds is 3. The summed E-state index contributed by atoms with van der Waals surface area (Å²) >= 11 is 0. The first kappa shape index (κ1) is 12.7. The Kier molecular flexibility index (Phi) is 3.41. The highest BCUT2D eigenvalue weighted by Gasteiger charge is 2.17. The average molecular weight is 244 g/mol. The molecule has 0 unspecified atom stereocenters. The van der Waals surface area contributed by atoms with Crippen molar-refractivity contribution in [1.29, 1.82) is 0 Å². The molecule has 0 bridgehead atoms. The molecule has 0 fully saturated rings. The second-order valence-electron chi connectivity index (χ2n) is 4.63. The third kappa shape index (κ3) is 2.01. The normalized spacial score (nSPS) is 10.9. The molecule has 96 valence electrons. The van der Waals surface area contributed by atoms with E-state index in [0.29, 0.717) is 0 Å². The average Bonchev–Trinajstić information content (AvgIpc) is 2.67. The molecule has 0 atom stereocenters. The lowest BCUT2D eigenvalue weighted by atomic mass is 10.2. The smallest absolute Gasteiger partial charge is 0.270 e. The van der Waals surface area contributed by atoms with Crippen molar-refractivity contribution in [3.05, 3.63) is 35.5 Å². The second-order valence-corrected chi connectivity index (χ2v) is 4.63. The Morgan fingerprint density at radius 2 is 1.89 bits per heavy atom. The van der Waals surface area contributed by atoms with Crippen LogP contribution in [0.5, 0.6) is 0 Å². The Labute approximate surface area is 108 Å². The van der Waals surface area contributed by atoms with E-state index < -0.39 is 0 Å². The molecule has 0 spiro atoms. The summed E-state index contributed by atoms with van der Waals surface area (Å²) in [5, 5.41) is 1.13. The first-order valence-electron chi connectivity index (χ1n) is 6.43. The molecule has 1 heterocycles. The van der Waals surface area contributed by atoms with Gasteiger partial charge in [-0.15, -0.1) is 0 Å². The van der Waals surface area contributed by atoms with Gasteiger partial charge in [0, 0.05) is 31.0 Å². The highest BCUT2D eigenvalue weighted by molar-refractivity contribution is 5.98. The van der Waals surface area contributed by atoms with E-state index >= 15 is 0 Å². The maximum atomic E-state index is 12.4. The lowest BCUT2D eigenvalue weighted by molar-refractivity contribution is 0.0764. The Hall–Kier alpha value is -1.77. The molecule has 1 aromatic carbocycles. The summed E-state index contributed by atoms with van der Waals surface area (Å²) in [4.78, 5) is 14.2. The Morgan fingerprint density at radius 3 is 2.50 bits per heavy atom. The van der Waals surface area contributed by atoms with Crippen molar-refractivity contribution in [2.75, 3.05) is 13.1 Å². The molecule has 0 N–H and O–H groups in total. The van der Waals surface area contributed by atoms with Crippen molar-refractivity contribution >= 4 is 16.8 Å². The van der Waals surface area contributed by atoms with Crippen molar-refractivity contribution in [3.8, 4) is 0 Å². The topological polar surface area (TPSA) is 25.2 Å². The maximum Gasteiger partial charge on any atom is 0.270 e. The summed E-state index contributed by atoms with van der Waals surface area (Å²) in [5.74, 6) is 0.108. The number of hydrogen-bond donors (Lipinski definition) is 0. The van der Waals surface area contributed by atoms with Crippen LogP contribution in [0, 0.1) is 6.92 Å². The molecule has 2 aromatic rings. The van der Waals surface area contributed by atoms with E-state index in [2.05, 4.69) is 25.1 Å². The fourth-order valence-electron chi connectivity index (χ4n) is 2.35. The van der Waals surface area contributed by atoms with Crippen molar-refractivity contribution in [2.24, 2.45) is 7.05 Å². The van der Waals surface area contributed by atoms with Gasteiger partial charge < -0.3 is 9.47 Å². The van der Waals surface area contributed by atoms with Crippen LogP contribution >= 0.6 is 0 Å². The van der Waals surface area contributed by atoms with E-state index in [1.807, 2.05) is 36.4 Å². The summed E-state index contributed by atoms with van der Waals surface area (Å²) in [7, 11) is 1.95. The monoisotopic (exact) mass is 244 g/mol. The first-order chi connectivity index (χ1) is 8.58. The Bertz CT molecular complexity index is 579. The van der Waals surface area contributed by atoms with Gasteiger partial charge >= 0.3 is 0 Å². The fourth-order valence-corrected chi connectivity index (χ4v) is 2.35. The van der Waals surface area contributed by atoms with Crippen LogP contribution in [0.1, 0.15) is 29.9 Å². The zero-order chi connectivity index (χ0) is 13.3. The molecule has 1 aromatic heterocycles. The van der Waals surface area contributed by atoms with Gasteiger partial charge in [0.1, 0.15) is 5.69 Å². The quantitative estimate of drug-likeness (QED) is 0.815. The fraction of sp³-hybridized carbons (Fsp3) is 0.400. The molecule has 0 aliphatic rings. The number of aryl methyl sites for hydroxylation is 2. The van der Waals surface area contributed by atoms with Crippen molar-refractivity contribution in [1.82, 2.24) is 9.47 Å². The minimum atomic E-state index is 0.108. The van der Waals surface area contributed by atoms with E-state index in [4.69, 9.17) is 0 Å².